The zero-order chi connectivity index (χ0) is 52.8. The molecule has 0 saturated heterocycles. The van der Waals surface area contributed by atoms with Crippen molar-refractivity contribution in [3.8, 4) is 62.1 Å². The van der Waals surface area contributed by atoms with Gasteiger partial charge in [-0.1, -0.05) is 166 Å². The molecule has 0 radical (unpaired) electrons. The van der Waals surface area contributed by atoms with Crippen LogP contribution in [-0.4, -0.2) is 14.1 Å². The molecule has 3 aromatic heterocycles. The minimum Gasteiger partial charge on any atom is -0.458 e. The minimum absolute atomic E-state index is 0.0577. The van der Waals surface area contributed by atoms with Gasteiger partial charge < -0.3 is 4.74 Å². The predicted molar refractivity (Wildman–Crippen MR) is 262 cm³/mol. The lowest BCUT2D eigenvalue weighted by Gasteiger charge is -2.17. The van der Waals surface area contributed by atoms with E-state index < -0.39 is 66.3 Å². The second-order valence-corrected chi connectivity index (χ2v) is 15.9. The van der Waals surface area contributed by atoms with Crippen LogP contribution >= 0.6 is 0 Å². The van der Waals surface area contributed by atoms with Crippen molar-refractivity contribution in [2.24, 2.45) is 5.92 Å². The summed E-state index contributed by atoms with van der Waals surface area (Å²) >= 11 is 0. The van der Waals surface area contributed by atoms with Gasteiger partial charge in [-0.05, 0) is 105 Å². The third kappa shape index (κ3) is 7.01. The van der Waals surface area contributed by atoms with E-state index in [1.165, 1.54) is 0 Å². The topological polar surface area (TPSA) is 35.9 Å². The first kappa shape index (κ1) is 28.6. The summed E-state index contributed by atoms with van der Waals surface area (Å²) in [7, 11) is 0. The van der Waals surface area contributed by atoms with Gasteiger partial charge in [0.25, 0.3) is 6.33 Å². The van der Waals surface area contributed by atoms with E-state index in [0.29, 0.717) is 34.0 Å². The molecule has 0 aliphatic rings. The molecule has 11 rings (SSSR count). The van der Waals surface area contributed by atoms with Gasteiger partial charge >= 0.3 is 0 Å². The first-order chi connectivity index (χ1) is 36.0. The summed E-state index contributed by atoms with van der Waals surface area (Å²) in [5, 5.41) is 2.03. The predicted octanol–water partition coefficient (Wildman–Crippen LogP) is 14.8. The Morgan fingerprint density at radius 1 is 0.578 bits per heavy atom. The number of aromatic nitrogens is 4. The van der Waals surface area contributed by atoms with E-state index in [9.17, 15) is 1.37 Å². The molecule has 0 aliphatic carbocycles. The molecule has 3 heterocycles. The average Bonchev–Trinajstić information content (AvgIpc) is 3.97. The van der Waals surface area contributed by atoms with Crippen LogP contribution < -0.4 is 9.30 Å². The Kier molecular flexibility index (Phi) is 7.30. The number of fused-ring (bicyclic) bond motifs is 4. The maximum Gasteiger partial charge on any atom is 0.269 e. The van der Waals surface area contributed by atoms with Crippen LogP contribution in [0.25, 0.3) is 83.4 Å². The fraction of sp³-hybridized carbons (Fsp3) is 0.0847. The summed E-state index contributed by atoms with van der Waals surface area (Å²) in [6, 6.07) is 40.4. The summed E-state index contributed by atoms with van der Waals surface area (Å²) in [5.74, 6) is 0.925. The Morgan fingerprint density at radius 3 is 2.02 bits per heavy atom. The Morgan fingerprint density at radius 2 is 1.27 bits per heavy atom. The summed E-state index contributed by atoms with van der Waals surface area (Å²) in [5.41, 5.74) is 6.28. The van der Waals surface area contributed by atoms with Crippen molar-refractivity contribution in [3.05, 3.63) is 224 Å². The standard InChI is InChI=1S/C59H46N4O/c1-40(2)41(3)45-33-34-60-58(36-45)63-54-28-14-13-25-52(54)53-31-30-49(38-56(53)63)64-48-24-15-23-47(37-48)61-39-62(57-35-46(29-32-55(57)61)42-17-7-4-8-18-42)59-50(43-19-9-5-10-20-43)26-16-27-51(59)44-21-11-6-12-22-44/h4-38,40-41H,1-3H3/i5D,6D,9D,10D,11D,12D,19D,20D,21D,22D,41D. The fourth-order valence-corrected chi connectivity index (χ4v) is 8.44. The molecule has 5 nitrogen and oxygen atoms in total. The molecule has 0 aliphatic heterocycles. The van der Waals surface area contributed by atoms with E-state index in [4.69, 9.17) is 23.4 Å². The lowest BCUT2D eigenvalue weighted by Crippen LogP contribution is -2.31. The molecule has 1 atom stereocenters. The van der Waals surface area contributed by atoms with Crippen molar-refractivity contribution in [1.82, 2.24) is 14.1 Å². The summed E-state index contributed by atoms with van der Waals surface area (Å²) in [6.45, 7) is 6.00. The number of pyridine rings is 1. The number of hydrogen-bond acceptors (Lipinski definition) is 2. The molecule has 0 N–H and O–H groups in total. The number of benzene rings is 8. The second kappa shape index (κ2) is 16.4. The van der Waals surface area contributed by atoms with E-state index in [2.05, 4.69) is 23.0 Å². The van der Waals surface area contributed by atoms with Crippen LogP contribution in [0.3, 0.4) is 0 Å². The van der Waals surface area contributed by atoms with Crippen LogP contribution in [0.5, 0.6) is 11.5 Å². The molecule has 8 aromatic carbocycles. The molecule has 0 fully saturated rings. The zero-order valence-corrected chi connectivity index (χ0v) is 35.2. The minimum atomic E-state index is -0.845. The fourth-order valence-electron chi connectivity index (χ4n) is 8.44. The lowest BCUT2D eigenvalue weighted by atomic mass is 9.91. The van der Waals surface area contributed by atoms with Gasteiger partial charge in [-0.2, -0.15) is 0 Å². The highest BCUT2D eigenvalue weighted by molar-refractivity contribution is 6.09. The van der Waals surface area contributed by atoms with Crippen molar-refractivity contribution in [3.63, 3.8) is 0 Å². The van der Waals surface area contributed by atoms with E-state index in [1.807, 2.05) is 136 Å². The van der Waals surface area contributed by atoms with Gasteiger partial charge in [-0.25, -0.2) is 4.98 Å². The molecular formula is C59H46N4O. The van der Waals surface area contributed by atoms with E-state index in [-0.39, 0.29) is 33.9 Å². The zero-order valence-electron chi connectivity index (χ0n) is 46.2. The number of ether oxygens (including phenoxy) is 1. The number of rotatable bonds is 10. The van der Waals surface area contributed by atoms with E-state index >= 15 is 0 Å². The molecule has 5 heteroatoms. The Hall–Kier alpha value is -8.02. The number of para-hydroxylation sites is 2. The summed E-state index contributed by atoms with van der Waals surface area (Å²) in [6.07, 6.45) is 5.26. The molecule has 0 saturated carbocycles. The van der Waals surface area contributed by atoms with Crippen molar-refractivity contribution >= 4 is 32.8 Å². The molecule has 1 unspecified atom stereocenters. The van der Waals surface area contributed by atoms with E-state index in [0.717, 1.165) is 38.5 Å². The van der Waals surface area contributed by atoms with Crippen molar-refractivity contribution in [1.29, 1.82) is 0 Å². The smallest absolute Gasteiger partial charge is 0.269 e. The maximum atomic E-state index is 9.18. The monoisotopic (exact) mass is 837 g/mol. The van der Waals surface area contributed by atoms with Crippen LogP contribution in [0.1, 0.15) is 47.3 Å². The second-order valence-electron chi connectivity index (χ2n) is 15.9. The Labute approximate surface area is 389 Å². The maximum absolute atomic E-state index is 9.18. The number of nitrogens with zero attached hydrogens (tertiary/aromatic N) is 4. The highest BCUT2D eigenvalue weighted by Crippen LogP contribution is 2.38. The van der Waals surface area contributed by atoms with Crippen molar-refractivity contribution in [2.45, 2.75) is 26.7 Å². The Bertz CT molecular complexity index is 3990. The van der Waals surface area contributed by atoms with Crippen molar-refractivity contribution in [2.75, 3.05) is 0 Å². The largest absolute Gasteiger partial charge is 0.458 e. The number of hydrogen-bond donors (Lipinski definition) is 0. The normalized spacial score (nSPS) is 15.0. The van der Waals surface area contributed by atoms with Gasteiger partial charge in [0.1, 0.15) is 17.3 Å². The first-order valence-corrected chi connectivity index (χ1v) is 21.1. The number of imidazole rings is 1. The summed E-state index contributed by atoms with van der Waals surface area (Å²) < 4.78 is 110. The van der Waals surface area contributed by atoms with Gasteiger partial charge in [0, 0.05) is 24.4 Å². The quantitative estimate of drug-likeness (QED) is 0.102. The Balaban J connectivity index is 1.12. The third-order valence-corrected chi connectivity index (χ3v) is 11.8. The molecule has 11 aromatic rings. The lowest BCUT2D eigenvalue weighted by molar-refractivity contribution is -0.571. The molecule has 0 spiro atoms. The van der Waals surface area contributed by atoms with Crippen LogP contribution in [0.15, 0.2) is 212 Å². The van der Waals surface area contributed by atoms with Gasteiger partial charge in [-0.3, -0.25) is 13.7 Å². The highest BCUT2D eigenvalue weighted by Gasteiger charge is 2.21. The molecule has 0 amide bonds. The van der Waals surface area contributed by atoms with E-state index in [1.54, 1.807) is 33.5 Å². The van der Waals surface area contributed by atoms with Gasteiger partial charge in [-0.15, -0.1) is 0 Å². The summed E-state index contributed by atoms with van der Waals surface area (Å²) in [4.78, 5) is 4.81. The molecular weight excluding hydrogens is 781 g/mol. The SMILES string of the molecule is [2H]c1c([2H])c([2H])c(-c2cccc(-c3c([2H])c([2H])c([2H])c([2H])c3[2H])c2-[n+]2[c-]n(-c3cccc(Oc4ccc5c6ccccc6n(-c6cc(C([2H])(C)C(C)C)ccn6)c5c4)c3)c3ccc(-c4ccccc4)cc32)c([2H])c1[2H]. The molecule has 64 heavy (non-hydrogen) atoms. The third-order valence-electron chi connectivity index (χ3n) is 11.8. The van der Waals surface area contributed by atoms with Gasteiger partial charge in [0.2, 0.25) is 0 Å². The van der Waals surface area contributed by atoms with Crippen molar-refractivity contribution < 1.29 is 24.4 Å². The van der Waals surface area contributed by atoms with Crippen LogP contribution in [-0.2, 0) is 0 Å². The molecule has 0 bridgehead atoms. The molecule has 308 valence electrons. The van der Waals surface area contributed by atoms with Crippen LogP contribution in [0, 0.1) is 12.2 Å². The average molecular weight is 838 g/mol. The first-order valence-electron chi connectivity index (χ1n) is 26.6. The van der Waals surface area contributed by atoms with Crippen LogP contribution in [0.2, 0.25) is 0 Å². The van der Waals surface area contributed by atoms with Gasteiger partial charge in [0.15, 0.2) is 0 Å². The van der Waals surface area contributed by atoms with Crippen LogP contribution in [0.4, 0.5) is 0 Å². The highest BCUT2D eigenvalue weighted by atomic mass is 16.5. The van der Waals surface area contributed by atoms with Gasteiger partial charge in [0.05, 0.1) is 47.1 Å².